The first-order chi connectivity index (χ1) is 8.27. The summed E-state index contributed by atoms with van der Waals surface area (Å²) in [6.45, 7) is 3.72. The summed E-state index contributed by atoms with van der Waals surface area (Å²) in [6.07, 6.45) is 0. The Bertz CT molecular complexity index is 443. The quantitative estimate of drug-likeness (QED) is 0.538. The largest absolute Gasteiger partial charge is 0.504 e. The summed E-state index contributed by atoms with van der Waals surface area (Å²) in [4.78, 5) is 13.7. The number of Topliss-reactive ketones (excluding diaryl/α,β-unsaturated/α-hetero) is 1. The van der Waals surface area contributed by atoms with Crippen LogP contribution in [0.3, 0.4) is 0 Å². The summed E-state index contributed by atoms with van der Waals surface area (Å²) in [6, 6.07) is 3.97. The maximum absolute atomic E-state index is 12.0. The molecule has 100 valence electrons. The molecule has 0 unspecified atom stereocenters. The molecule has 0 aliphatic heterocycles. The number of carbonyl (C=O) groups excluding carboxylic acids is 1. The van der Waals surface area contributed by atoms with Crippen LogP contribution in [0.4, 0.5) is 0 Å². The van der Waals surface area contributed by atoms with E-state index in [1.165, 1.54) is 18.2 Å². The summed E-state index contributed by atoms with van der Waals surface area (Å²) < 4.78 is 0. The summed E-state index contributed by atoms with van der Waals surface area (Å²) in [5.74, 6) is -0.755. The number of hydrogen-bond acceptors (Lipinski definition) is 5. The molecule has 0 saturated carbocycles. The van der Waals surface area contributed by atoms with Crippen LogP contribution in [-0.4, -0.2) is 51.7 Å². The Kier molecular flexibility index (Phi) is 4.32. The molecule has 0 bridgehead atoms. The number of ketones is 1. The highest BCUT2D eigenvalue weighted by molar-refractivity contribution is 5.98. The molecule has 0 spiro atoms. The van der Waals surface area contributed by atoms with Crippen molar-refractivity contribution in [3.63, 3.8) is 0 Å². The number of nitrogens with zero attached hydrogens (tertiary/aromatic N) is 1. The Hall–Kier alpha value is -1.59. The average Bonchev–Trinajstić information content (AvgIpc) is 2.32. The normalized spacial score (nSPS) is 11.8. The van der Waals surface area contributed by atoms with Gasteiger partial charge in [0.1, 0.15) is 0 Å². The Balaban J connectivity index is 2.80. The van der Waals surface area contributed by atoms with Crippen LogP contribution in [0.15, 0.2) is 18.2 Å². The van der Waals surface area contributed by atoms with E-state index < -0.39 is 5.54 Å². The number of phenols is 2. The van der Waals surface area contributed by atoms with E-state index in [1.54, 1.807) is 11.9 Å². The maximum atomic E-state index is 12.0. The number of likely N-dealkylation sites (N-methyl/N-ethyl adjacent to an activating group) is 1. The molecule has 0 fully saturated rings. The number of benzene rings is 1. The number of aliphatic hydroxyl groups is 1. The highest BCUT2D eigenvalue weighted by Gasteiger charge is 2.24. The molecule has 5 nitrogen and oxygen atoms in total. The molecular formula is C13H19NO4. The van der Waals surface area contributed by atoms with Crippen molar-refractivity contribution in [2.45, 2.75) is 19.4 Å². The molecule has 0 heterocycles. The average molecular weight is 253 g/mol. The van der Waals surface area contributed by atoms with E-state index in [2.05, 4.69) is 0 Å². The molecule has 18 heavy (non-hydrogen) atoms. The van der Waals surface area contributed by atoms with Gasteiger partial charge in [0.25, 0.3) is 0 Å². The Morgan fingerprint density at radius 2 is 1.89 bits per heavy atom. The van der Waals surface area contributed by atoms with Gasteiger partial charge in [-0.25, -0.2) is 0 Å². The Morgan fingerprint density at radius 1 is 1.28 bits per heavy atom. The minimum Gasteiger partial charge on any atom is -0.504 e. The second kappa shape index (κ2) is 5.37. The highest BCUT2D eigenvalue weighted by atomic mass is 16.3. The molecule has 0 atom stereocenters. The number of rotatable bonds is 5. The van der Waals surface area contributed by atoms with Crippen LogP contribution in [0.1, 0.15) is 24.2 Å². The molecule has 0 saturated heterocycles. The topological polar surface area (TPSA) is 81.0 Å². The maximum Gasteiger partial charge on any atom is 0.176 e. The summed E-state index contributed by atoms with van der Waals surface area (Å²) in [7, 11) is 1.74. The molecule has 0 aliphatic carbocycles. The predicted molar refractivity (Wildman–Crippen MR) is 67.9 cm³/mol. The fraction of sp³-hybridized carbons (Fsp3) is 0.462. The van der Waals surface area contributed by atoms with Gasteiger partial charge in [-0.05, 0) is 39.1 Å². The van der Waals surface area contributed by atoms with Crippen molar-refractivity contribution in [1.82, 2.24) is 4.90 Å². The molecule has 3 N–H and O–H groups in total. The molecule has 0 aliphatic rings. The third-order valence-electron chi connectivity index (χ3n) is 3.10. The van der Waals surface area contributed by atoms with E-state index in [9.17, 15) is 15.0 Å². The highest BCUT2D eigenvalue weighted by Crippen LogP contribution is 2.25. The molecule has 1 aromatic carbocycles. The van der Waals surface area contributed by atoms with Gasteiger partial charge in [0.15, 0.2) is 17.3 Å². The molecule has 1 rings (SSSR count). The fourth-order valence-corrected chi connectivity index (χ4v) is 1.34. The van der Waals surface area contributed by atoms with Crippen LogP contribution in [0.2, 0.25) is 0 Å². The fourth-order valence-electron chi connectivity index (χ4n) is 1.34. The Morgan fingerprint density at radius 3 is 2.39 bits per heavy atom. The number of hydrogen-bond donors (Lipinski definition) is 3. The second-order valence-electron chi connectivity index (χ2n) is 4.95. The van der Waals surface area contributed by atoms with Crippen LogP contribution in [0, 0.1) is 0 Å². The van der Waals surface area contributed by atoms with Gasteiger partial charge in [-0.15, -0.1) is 0 Å². The lowest BCUT2D eigenvalue weighted by Crippen LogP contribution is -2.46. The molecular weight excluding hydrogens is 234 g/mol. The van der Waals surface area contributed by atoms with Gasteiger partial charge in [0.05, 0.1) is 13.2 Å². The molecule has 5 heteroatoms. The van der Waals surface area contributed by atoms with Crippen molar-refractivity contribution in [2.75, 3.05) is 20.2 Å². The first-order valence-corrected chi connectivity index (χ1v) is 5.65. The third kappa shape index (κ3) is 3.21. The summed E-state index contributed by atoms with van der Waals surface area (Å²) >= 11 is 0. The summed E-state index contributed by atoms with van der Waals surface area (Å²) in [5, 5.41) is 27.7. The van der Waals surface area contributed by atoms with Crippen LogP contribution >= 0.6 is 0 Å². The van der Waals surface area contributed by atoms with Crippen LogP contribution < -0.4 is 0 Å². The van der Waals surface area contributed by atoms with Crippen LogP contribution in [-0.2, 0) is 0 Å². The van der Waals surface area contributed by atoms with Gasteiger partial charge in [-0.1, -0.05) is 0 Å². The van der Waals surface area contributed by atoms with Crippen LogP contribution in [0.25, 0.3) is 0 Å². The second-order valence-corrected chi connectivity index (χ2v) is 4.95. The Labute approximate surface area is 106 Å². The lowest BCUT2D eigenvalue weighted by Gasteiger charge is -2.33. The third-order valence-corrected chi connectivity index (χ3v) is 3.10. The zero-order chi connectivity index (χ0) is 13.9. The van der Waals surface area contributed by atoms with Gasteiger partial charge in [0, 0.05) is 11.1 Å². The van der Waals surface area contributed by atoms with Crippen molar-refractivity contribution in [3.05, 3.63) is 23.8 Å². The number of phenolic OH excluding ortho intramolecular Hbond substituents is 2. The van der Waals surface area contributed by atoms with Gasteiger partial charge < -0.3 is 15.3 Å². The molecule has 0 amide bonds. The van der Waals surface area contributed by atoms with E-state index in [4.69, 9.17) is 5.11 Å². The number of carbonyl (C=O) groups is 1. The van der Waals surface area contributed by atoms with E-state index in [0.717, 1.165) is 0 Å². The lowest BCUT2D eigenvalue weighted by molar-refractivity contribution is 0.0659. The molecule has 1 aromatic rings. The van der Waals surface area contributed by atoms with E-state index in [0.29, 0.717) is 5.56 Å². The lowest BCUT2D eigenvalue weighted by atomic mass is 10.0. The van der Waals surface area contributed by atoms with E-state index in [-0.39, 0.29) is 30.4 Å². The SMILES string of the molecule is CN(CC(=O)c1ccc(O)c(O)c1)C(C)(C)CO. The van der Waals surface area contributed by atoms with Crippen molar-refractivity contribution in [3.8, 4) is 11.5 Å². The molecule has 0 radical (unpaired) electrons. The van der Waals surface area contributed by atoms with Gasteiger partial charge >= 0.3 is 0 Å². The van der Waals surface area contributed by atoms with E-state index in [1.807, 2.05) is 13.8 Å². The van der Waals surface area contributed by atoms with Gasteiger partial charge in [-0.3, -0.25) is 9.69 Å². The van der Waals surface area contributed by atoms with Crippen molar-refractivity contribution >= 4 is 5.78 Å². The number of aliphatic hydroxyl groups excluding tert-OH is 1. The number of aromatic hydroxyl groups is 2. The summed E-state index contributed by atoms with van der Waals surface area (Å²) in [5.41, 5.74) is -0.167. The first-order valence-electron chi connectivity index (χ1n) is 5.65. The zero-order valence-corrected chi connectivity index (χ0v) is 10.8. The first kappa shape index (κ1) is 14.5. The smallest absolute Gasteiger partial charge is 0.176 e. The minimum atomic E-state index is -0.491. The standard InChI is InChI=1S/C13H19NO4/c1-13(2,8-15)14(3)7-12(18)9-4-5-10(16)11(17)6-9/h4-6,15-17H,7-8H2,1-3H3. The van der Waals surface area contributed by atoms with Crippen molar-refractivity contribution < 1.29 is 20.1 Å². The monoisotopic (exact) mass is 253 g/mol. The van der Waals surface area contributed by atoms with Gasteiger partial charge in [-0.2, -0.15) is 0 Å². The van der Waals surface area contributed by atoms with Crippen molar-refractivity contribution in [2.24, 2.45) is 0 Å². The predicted octanol–water partition coefficient (Wildman–Crippen LogP) is 0.983. The van der Waals surface area contributed by atoms with Crippen LogP contribution in [0.5, 0.6) is 11.5 Å². The minimum absolute atomic E-state index is 0.0579. The van der Waals surface area contributed by atoms with E-state index >= 15 is 0 Å². The molecule has 0 aromatic heterocycles. The zero-order valence-electron chi connectivity index (χ0n) is 10.8. The van der Waals surface area contributed by atoms with Gasteiger partial charge in [0.2, 0.25) is 0 Å². The van der Waals surface area contributed by atoms with Crippen molar-refractivity contribution in [1.29, 1.82) is 0 Å².